The standard InChI is InChI=1S/C17H23NO3/c1-12-4-2-3-5-14(12)18-17(19)9-7-13-6-8-15-16(10-13)21-11-20-15/h6,8,10,12,14H,2-5,7,9,11H2,1H3,(H,18,19). The van der Waals surface area contributed by atoms with Crippen molar-refractivity contribution in [3.05, 3.63) is 23.8 Å². The van der Waals surface area contributed by atoms with Gasteiger partial charge in [0, 0.05) is 12.5 Å². The number of hydrogen-bond donors (Lipinski definition) is 1. The van der Waals surface area contributed by atoms with E-state index in [0.717, 1.165) is 29.9 Å². The lowest BCUT2D eigenvalue weighted by Crippen LogP contribution is -2.41. The Labute approximate surface area is 125 Å². The zero-order chi connectivity index (χ0) is 14.7. The first-order chi connectivity index (χ1) is 10.2. The minimum atomic E-state index is 0.159. The fourth-order valence-corrected chi connectivity index (χ4v) is 3.16. The number of fused-ring (bicyclic) bond motifs is 1. The average molecular weight is 289 g/mol. The van der Waals surface area contributed by atoms with Crippen LogP contribution in [0.25, 0.3) is 0 Å². The van der Waals surface area contributed by atoms with Crippen LogP contribution in [0.5, 0.6) is 11.5 Å². The van der Waals surface area contributed by atoms with E-state index in [-0.39, 0.29) is 5.91 Å². The van der Waals surface area contributed by atoms with Crippen LogP contribution >= 0.6 is 0 Å². The molecule has 1 N–H and O–H groups in total. The van der Waals surface area contributed by atoms with Crippen LogP contribution in [0.15, 0.2) is 18.2 Å². The molecule has 0 bridgehead atoms. The van der Waals surface area contributed by atoms with Gasteiger partial charge in [0.25, 0.3) is 0 Å². The van der Waals surface area contributed by atoms with Gasteiger partial charge in [-0.1, -0.05) is 25.8 Å². The summed E-state index contributed by atoms with van der Waals surface area (Å²) in [6, 6.07) is 6.25. The van der Waals surface area contributed by atoms with E-state index in [0.29, 0.717) is 25.2 Å². The molecule has 0 saturated heterocycles. The number of aryl methyl sites for hydroxylation is 1. The Morgan fingerprint density at radius 2 is 2.05 bits per heavy atom. The molecule has 114 valence electrons. The average Bonchev–Trinajstić information content (AvgIpc) is 2.95. The molecule has 1 aromatic carbocycles. The van der Waals surface area contributed by atoms with Crippen molar-refractivity contribution in [1.82, 2.24) is 5.32 Å². The Morgan fingerprint density at radius 1 is 1.24 bits per heavy atom. The molecule has 3 rings (SSSR count). The number of nitrogens with one attached hydrogen (secondary N) is 1. The topological polar surface area (TPSA) is 47.6 Å². The first-order valence-corrected chi connectivity index (χ1v) is 7.90. The summed E-state index contributed by atoms with van der Waals surface area (Å²) in [5, 5.41) is 3.20. The molecule has 1 amide bonds. The first kappa shape index (κ1) is 14.2. The number of carbonyl (C=O) groups excluding carboxylic acids is 1. The highest BCUT2D eigenvalue weighted by Gasteiger charge is 2.22. The van der Waals surface area contributed by atoms with Crippen LogP contribution in [-0.2, 0) is 11.2 Å². The van der Waals surface area contributed by atoms with Crippen molar-refractivity contribution in [1.29, 1.82) is 0 Å². The number of hydrogen-bond acceptors (Lipinski definition) is 3. The van der Waals surface area contributed by atoms with Crippen molar-refractivity contribution in [2.75, 3.05) is 6.79 Å². The van der Waals surface area contributed by atoms with Gasteiger partial charge in [-0.2, -0.15) is 0 Å². The Bertz CT molecular complexity index is 515. The molecule has 1 heterocycles. The molecule has 1 aliphatic carbocycles. The van der Waals surface area contributed by atoms with Crippen molar-refractivity contribution >= 4 is 5.91 Å². The molecule has 0 aromatic heterocycles. The Kier molecular flexibility index (Phi) is 4.32. The largest absolute Gasteiger partial charge is 0.454 e. The highest BCUT2D eigenvalue weighted by molar-refractivity contribution is 5.76. The van der Waals surface area contributed by atoms with E-state index in [1.54, 1.807) is 0 Å². The summed E-state index contributed by atoms with van der Waals surface area (Å²) < 4.78 is 10.6. The molecule has 0 spiro atoms. The van der Waals surface area contributed by atoms with Gasteiger partial charge in [0.2, 0.25) is 12.7 Å². The summed E-state index contributed by atoms with van der Waals surface area (Å²) in [5.74, 6) is 2.34. The van der Waals surface area contributed by atoms with E-state index in [9.17, 15) is 4.79 Å². The van der Waals surface area contributed by atoms with E-state index in [1.807, 2.05) is 18.2 Å². The second-order valence-electron chi connectivity index (χ2n) is 6.12. The highest BCUT2D eigenvalue weighted by Crippen LogP contribution is 2.32. The molecular formula is C17H23NO3. The van der Waals surface area contributed by atoms with E-state index in [1.165, 1.54) is 19.3 Å². The number of carbonyl (C=O) groups is 1. The van der Waals surface area contributed by atoms with Crippen molar-refractivity contribution in [3.63, 3.8) is 0 Å². The van der Waals surface area contributed by atoms with E-state index in [2.05, 4.69) is 12.2 Å². The van der Waals surface area contributed by atoms with Crippen molar-refractivity contribution < 1.29 is 14.3 Å². The second-order valence-corrected chi connectivity index (χ2v) is 6.12. The van der Waals surface area contributed by atoms with Crippen molar-refractivity contribution in [2.45, 2.75) is 51.5 Å². The summed E-state index contributed by atoms with van der Waals surface area (Å²) >= 11 is 0. The molecule has 1 aliphatic heterocycles. The van der Waals surface area contributed by atoms with Crippen LogP contribution in [0, 0.1) is 5.92 Å². The third kappa shape index (κ3) is 3.49. The van der Waals surface area contributed by atoms with Crippen LogP contribution < -0.4 is 14.8 Å². The summed E-state index contributed by atoms with van der Waals surface area (Å²) in [7, 11) is 0. The molecule has 0 radical (unpaired) electrons. The van der Waals surface area contributed by atoms with Crippen LogP contribution in [0.2, 0.25) is 0 Å². The smallest absolute Gasteiger partial charge is 0.231 e. The maximum absolute atomic E-state index is 12.1. The molecule has 2 unspecified atom stereocenters. The molecular weight excluding hydrogens is 266 g/mol. The zero-order valence-electron chi connectivity index (χ0n) is 12.6. The van der Waals surface area contributed by atoms with Crippen LogP contribution in [0.4, 0.5) is 0 Å². The van der Waals surface area contributed by atoms with E-state index in [4.69, 9.17) is 9.47 Å². The molecule has 1 saturated carbocycles. The summed E-state index contributed by atoms with van der Waals surface area (Å²) in [6.07, 6.45) is 6.15. The highest BCUT2D eigenvalue weighted by atomic mass is 16.7. The predicted molar refractivity (Wildman–Crippen MR) is 80.4 cm³/mol. The number of benzene rings is 1. The normalized spacial score (nSPS) is 23.9. The van der Waals surface area contributed by atoms with Gasteiger partial charge in [-0.25, -0.2) is 0 Å². The molecule has 2 atom stereocenters. The monoisotopic (exact) mass is 289 g/mol. The molecule has 1 fully saturated rings. The SMILES string of the molecule is CC1CCCCC1NC(=O)CCc1ccc2c(c1)OCO2. The molecule has 21 heavy (non-hydrogen) atoms. The summed E-state index contributed by atoms with van der Waals surface area (Å²) in [6.45, 7) is 2.53. The minimum absolute atomic E-state index is 0.159. The maximum atomic E-state index is 12.1. The van der Waals surface area contributed by atoms with E-state index < -0.39 is 0 Å². The Balaban J connectivity index is 1.49. The van der Waals surface area contributed by atoms with Gasteiger partial charge in [0.1, 0.15) is 0 Å². The fraction of sp³-hybridized carbons (Fsp3) is 0.588. The van der Waals surface area contributed by atoms with Gasteiger partial charge >= 0.3 is 0 Å². The van der Waals surface area contributed by atoms with Crippen molar-refractivity contribution in [3.8, 4) is 11.5 Å². The second kappa shape index (κ2) is 6.37. The summed E-state index contributed by atoms with van der Waals surface area (Å²) in [5.41, 5.74) is 1.12. The van der Waals surface area contributed by atoms with Crippen LogP contribution in [-0.4, -0.2) is 18.7 Å². The lowest BCUT2D eigenvalue weighted by atomic mass is 9.86. The number of ether oxygens (including phenoxy) is 2. The van der Waals surface area contributed by atoms with Crippen LogP contribution in [0.1, 0.15) is 44.6 Å². The maximum Gasteiger partial charge on any atom is 0.231 e. The first-order valence-electron chi connectivity index (χ1n) is 7.90. The third-order valence-corrected chi connectivity index (χ3v) is 4.54. The van der Waals surface area contributed by atoms with Crippen molar-refractivity contribution in [2.24, 2.45) is 5.92 Å². The lowest BCUT2D eigenvalue weighted by molar-refractivity contribution is -0.122. The van der Waals surface area contributed by atoms with Gasteiger partial charge in [0.05, 0.1) is 0 Å². The molecule has 4 nitrogen and oxygen atoms in total. The van der Waals surface area contributed by atoms with Gasteiger partial charge < -0.3 is 14.8 Å². The molecule has 1 aromatic rings. The Morgan fingerprint density at radius 3 is 2.90 bits per heavy atom. The molecule has 2 aliphatic rings. The van der Waals surface area contributed by atoms with E-state index >= 15 is 0 Å². The third-order valence-electron chi connectivity index (χ3n) is 4.54. The Hall–Kier alpha value is -1.71. The zero-order valence-corrected chi connectivity index (χ0v) is 12.6. The van der Waals surface area contributed by atoms with Gasteiger partial charge in [0.15, 0.2) is 11.5 Å². The van der Waals surface area contributed by atoms with Crippen LogP contribution in [0.3, 0.4) is 0 Å². The fourth-order valence-electron chi connectivity index (χ4n) is 3.16. The van der Waals surface area contributed by atoms with Gasteiger partial charge in [-0.3, -0.25) is 4.79 Å². The number of rotatable bonds is 4. The predicted octanol–water partition coefficient (Wildman–Crippen LogP) is 3.04. The number of amides is 1. The lowest BCUT2D eigenvalue weighted by Gasteiger charge is -2.29. The van der Waals surface area contributed by atoms with Gasteiger partial charge in [-0.05, 0) is 42.9 Å². The quantitative estimate of drug-likeness (QED) is 0.926. The van der Waals surface area contributed by atoms with Gasteiger partial charge in [-0.15, -0.1) is 0 Å². The minimum Gasteiger partial charge on any atom is -0.454 e. The molecule has 4 heteroatoms. The summed E-state index contributed by atoms with van der Waals surface area (Å²) in [4.78, 5) is 12.1.